The maximum absolute atomic E-state index is 12.3. The molecule has 1 aromatic carbocycles. The normalized spacial score (nSPS) is 10.3. The lowest BCUT2D eigenvalue weighted by Gasteiger charge is -2.10. The molecule has 120 valence electrons. The number of hydrogen-bond donors (Lipinski definition) is 2. The highest BCUT2D eigenvalue weighted by molar-refractivity contribution is 6.05. The van der Waals surface area contributed by atoms with Crippen LogP contribution in [0.2, 0.25) is 0 Å². The summed E-state index contributed by atoms with van der Waals surface area (Å²) in [6, 6.07) is 15.5. The maximum Gasteiger partial charge on any atom is 0.262 e. The summed E-state index contributed by atoms with van der Waals surface area (Å²) in [6.45, 7) is 0.309. The van der Waals surface area contributed by atoms with Crippen molar-refractivity contribution >= 4 is 11.7 Å². The van der Waals surface area contributed by atoms with Crippen molar-refractivity contribution in [1.82, 2.24) is 9.55 Å². The quantitative estimate of drug-likeness (QED) is 0.772. The van der Waals surface area contributed by atoms with E-state index >= 15 is 0 Å². The van der Waals surface area contributed by atoms with E-state index in [2.05, 4.69) is 10.3 Å². The highest BCUT2D eigenvalue weighted by Crippen LogP contribution is 2.16. The third kappa shape index (κ3) is 3.49. The van der Waals surface area contributed by atoms with Crippen molar-refractivity contribution in [2.24, 2.45) is 0 Å². The fourth-order valence-corrected chi connectivity index (χ4v) is 2.26. The number of rotatable bonds is 4. The Morgan fingerprint density at radius 3 is 2.58 bits per heavy atom. The highest BCUT2D eigenvalue weighted by atomic mass is 16.3. The minimum absolute atomic E-state index is 0.0104. The Morgan fingerprint density at radius 2 is 1.88 bits per heavy atom. The minimum Gasteiger partial charge on any atom is -0.507 e. The van der Waals surface area contributed by atoms with Crippen molar-refractivity contribution in [3.05, 3.63) is 88.5 Å². The Morgan fingerprint density at radius 1 is 1.12 bits per heavy atom. The predicted molar refractivity (Wildman–Crippen MR) is 90.1 cm³/mol. The van der Waals surface area contributed by atoms with Crippen molar-refractivity contribution < 1.29 is 9.90 Å². The topological polar surface area (TPSA) is 84.2 Å². The second-order valence-corrected chi connectivity index (χ2v) is 5.19. The van der Waals surface area contributed by atoms with Gasteiger partial charge in [0.15, 0.2) is 0 Å². The molecule has 2 heterocycles. The largest absolute Gasteiger partial charge is 0.507 e. The van der Waals surface area contributed by atoms with Gasteiger partial charge >= 0.3 is 0 Å². The molecule has 3 aromatic rings. The van der Waals surface area contributed by atoms with Gasteiger partial charge in [-0.25, -0.2) is 4.98 Å². The maximum atomic E-state index is 12.3. The Labute approximate surface area is 138 Å². The average Bonchev–Trinajstić information content (AvgIpc) is 2.59. The molecular weight excluding hydrogens is 306 g/mol. The zero-order valence-corrected chi connectivity index (χ0v) is 12.7. The molecule has 6 nitrogen and oxygen atoms in total. The van der Waals surface area contributed by atoms with Crippen LogP contribution >= 0.6 is 0 Å². The van der Waals surface area contributed by atoms with Gasteiger partial charge in [-0.05, 0) is 17.7 Å². The van der Waals surface area contributed by atoms with Crippen LogP contribution in [0, 0.1) is 0 Å². The van der Waals surface area contributed by atoms with E-state index in [0.717, 1.165) is 11.6 Å². The fourth-order valence-electron chi connectivity index (χ4n) is 2.26. The Kier molecular flexibility index (Phi) is 4.38. The highest BCUT2D eigenvalue weighted by Gasteiger charge is 2.14. The van der Waals surface area contributed by atoms with Gasteiger partial charge in [0.05, 0.1) is 12.1 Å². The van der Waals surface area contributed by atoms with E-state index < -0.39 is 5.91 Å². The van der Waals surface area contributed by atoms with Crippen molar-refractivity contribution in [2.75, 3.05) is 5.32 Å². The van der Waals surface area contributed by atoms with E-state index in [1.165, 1.54) is 10.8 Å². The molecule has 1 amide bonds. The molecule has 0 spiro atoms. The number of aromatic hydroxyl groups is 1. The molecule has 3 rings (SSSR count). The molecule has 2 aromatic heterocycles. The predicted octanol–water partition coefficient (Wildman–Crippen LogP) is 2.25. The van der Waals surface area contributed by atoms with E-state index in [1.807, 2.05) is 30.3 Å². The fraction of sp³-hybridized carbons (Fsp3) is 0.0556. The van der Waals surface area contributed by atoms with E-state index in [0.29, 0.717) is 12.4 Å². The van der Waals surface area contributed by atoms with Gasteiger partial charge in [-0.3, -0.25) is 9.59 Å². The van der Waals surface area contributed by atoms with Gasteiger partial charge in [0.25, 0.3) is 11.5 Å². The van der Waals surface area contributed by atoms with Crippen molar-refractivity contribution in [3.63, 3.8) is 0 Å². The molecule has 0 atom stereocenters. The van der Waals surface area contributed by atoms with Gasteiger partial charge in [-0.15, -0.1) is 0 Å². The van der Waals surface area contributed by atoms with E-state index in [4.69, 9.17) is 0 Å². The molecular formula is C18H15N3O3. The zero-order valence-electron chi connectivity index (χ0n) is 12.7. The van der Waals surface area contributed by atoms with Crippen LogP contribution in [0.5, 0.6) is 5.75 Å². The molecule has 2 N–H and O–H groups in total. The van der Waals surface area contributed by atoms with Gasteiger partial charge in [0.2, 0.25) is 0 Å². The van der Waals surface area contributed by atoms with Crippen LogP contribution in [0.25, 0.3) is 0 Å². The van der Waals surface area contributed by atoms with Gasteiger partial charge in [-0.1, -0.05) is 36.4 Å². The molecule has 0 saturated heterocycles. The second-order valence-electron chi connectivity index (χ2n) is 5.19. The molecule has 0 fully saturated rings. The summed E-state index contributed by atoms with van der Waals surface area (Å²) in [5.41, 5.74) is 0.545. The summed E-state index contributed by atoms with van der Waals surface area (Å²) in [4.78, 5) is 28.4. The summed E-state index contributed by atoms with van der Waals surface area (Å²) in [6.07, 6.45) is 2.90. The van der Waals surface area contributed by atoms with Crippen LogP contribution in [0.3, 0.4) is 0 Å². The molecule has 0 aliphatic carbocycles. The average molecular weight is 321 g/mol. The molecule has 6 heteroatoms. The number of nitrogens with zero attached hydrogens (tertiary/aromatic N) is 2. The molecule has 0 saturated carbocycles. The van der Waals surface area contributed by atoms with Gasteiger partial charge in [0, 0.05) is 18.5 Å². The Bertz CT molecular complexity index is 906. The number of hydrogen-bond acceptors (Lipinski definition) is 4. The first kappa shape index (κ1) is 15.5. The van der Waals surface area contributed by atoms with Gasteiger partial charge in [0.1, 0.15) is 11.6 Å². The SMILES string of the molecule is O=C(Nc1ccccn1)c1cn(Cc2ccccc2)c(=O)cc1O. The number of benzene rings is 1. The second kappa shape index (κ2) is 6.78. The number of pyridine rings is 2. The molecule has 0 unspecified atom stereocenters. The third-order valence-electron chi connectivity index (χ3n) is 3.45. The minimum atomic E-state index is -0.534. The molecule has 0 aliphatic rings. The standard InChI is InChI=1S/C18H15N3O3/c22-15-10-17(23)21(11-13-6-2-1-3-7-13)12-14(15)18(24)20-16-8-4-5-9-19-16/h1-10,12,22H,11H2,(H,19,20,24). The molecule has 0 bridgehead atoms. The number of nitrogens with one attached hydrogen (secondary N) is 1. The van der Waals surface area contributed by atoms with Crippen molar-refractivity contribution in [2.45, 2.75) is 6.54 Å². The molecule has 24 heavy (non-hydrogen) atoms. The van der Waals surface area contributed by atoms with E-state index in [1.54, 1.807) is 24.4 Å². The van der Waals surface area contributed by atoms with Crippen LogP contribution in [0.15, 0.2) is 71.8 Å². The van der Waals surface area contributed by atoms with E-state index in [-0.39, 0.29) is 16.9 Å². The Hall–Kier alpha value is -3.41. The van der Waals surface area contributed by atoms with Crippen LogP contribution in [-0.2, 0) is 6.54 Å². The van der Waals surface area contributed by atoms with Crippen molar-refractivity contribution in [1.29, 1.82) is 0 Å². The number of anilines is 1. The zero-order chi connectivity index (χ0) is 16.9. The number of carbonyl (C=O) groups is 1. The summed E-state index contributed by atoms with van der Waals surface area (Å²) >= 11 is 0. The van der Waals surface area contributed by atoms with Crippen LogP contribution in [-0.4, -0.2) is 20.6 Å². The summed E-state index contributed by atoms with van der Waals surface area (Å²) in [5.74, 6) is -0.534. The third-order valence-corrected chi connectivity index (χ3v) is 3.45. The first-order chi connectivity index (χ1) is 11.6. The smallest absolute Gasteiger partial charge is 0.262 e. The molecule has 0 radical (unpaired) electrons. The van der Waals surface area contributed by atoms with Crippen LogP contribution in [0.4, 0.5) is 5.82 Å². The number of aromatic nitrogens is 2. The number of amides is 1. The summed E-state index contributed by atoms with van der Waals surface area (Å²) in [5, 5.41) is 12.5. The van der Waals surface area contributed by atoms with E-state index in [9.17, 15) is 14.7 Å². The first-order valence-corrected chi connectivity index (χ1v) is 7.33. The van der Waals surface area contributed by atoms with Crippen LogP contribution < -0.4 is 10.9 Å². The van der Waals surface area contributed by atoms with Gasteiger partial charge in [-0.2, -0.15) is 0 Å². The first-order valence-electron chi connectivity index (χ1n) is 7.33. The number of carbonyl (C=O) groups excluding carboxylic acids is 1. The Balaban J connectivity index is 1.89. The monoisotopic (exact) mass is 321 g/mol. The van der Waals surface area contributed by atoms with Crippen LogP contribution in [0.1, 0.15) is 15.9 Å². The molecule has 0 aliphatic heterocycles. The lowest BCUT2D eigenvalue weighted by atomic mass is 10.2. The summed E-state index contributed by atoms with van der Waals surface area (Å²) in [7, 11) is 0. The lowest BCUT2D eigenvalue weighted by molar-refractivity contribution is 0.102. The summed E-state index contributed by atoms with van der Waals surface area (Å²) < 4.78 is 1.38. The van der Waals surface area contributed by atoms with Crippen molar-refractivity contribution in [3.8, 4) is 5.75 Å². The lowest BCUT2D eigenvalue weighted by Crippen LogP contribution is -2.23. The van der Waals surface area contributed by atoms with Gasteiger partial charge < -0.3 is 15.0 Å².